The van der Waals surface area contributed by atoms with Crippen molar-refractivity contribution in [2.45, 2.75) is 6.04 Å². The normalized spacial score (nSPS) is 11.7. The summed E-state index contributed by atoms with van der Waals surface area (Å²) in [5, 5.41) is 17.4. The molecular weight excluding hydrogens is 352 g/mol. The van der Waals surface area contributed by atoms with Crippen LogP contribution in [0.3, 0.4) is 0 Å². The number of nitro benzene ring substituents is 1. The summed E-state index contributed by atoms with van der Waals surface area (Å²) < 4.78 is 5.46. The number of nitrogens with zero attached hydrogens (tertiary/aromatic N) is 1. The van der Waals surface area contributed by atoms with E-state index in [0.717, 1.165) is 11.3 Å². The molecule has 0 spiro atoms. The monoisotopic (exact) mass is 375 g/mol. The van der Waals surface area contributed by atoms with Crippen molar-refractivity contribution in [1.82, 2.24) is 5.32 Å². The molecule has 2 aromatic carbocycles. The van der Waals surface area contributed by atoms with Gasteiger partial charge in [-0.1, -0.05) is 12.1 Å². The minimum Gasteiger partial charge on any atom is -0.496 e. The number of nitro groups is 1. The van der Waals surface area contributed by atoms with E-state index in [1.807, 2.05) is 24.3 Å². The lowest BCUT2D eigenvalue weighted by Crippen LogP contribution is -3.07. The molecule has 0 heterocycles. The third-order valence-corrected chi connectivity index (χ3v) is 4.26. The van der Waals surface area contributed by atoms with E-state index in [-0.39, 0.29) is 11.7 Å². The number of methoxy groups -OCH3 is 1. The van der Waals surface area contributed by atoms with Crippen LogP contribution < -0.4 is 20.3 Å². The average molecular weight is 375 g/mol. The Morgan fingerprint density at radius 1 is 1.23 bits per heavy atom. The number of hydrogen-bond acceptors (Lipinski definition) is 4. The topological polar surface area (TPSA) is 80.9 Å². The number of ether oxygens (including phenoxy) is 1. The number of anilines is 1. The molecule has 7 nitrogen and oxygen atoms in total. The molecule has 0 bridgehead atoms. The van der Waals surface area contributed by atoms with E-state index < -0.39 is 4.92 Å². The first kappa shape index (κ1) is 19.6. The molecule has 26 heavy (non-hydrogen) atoms. The molecular formula is C18H23N4O3S+. The van der Waals surface area contributed by atoms with Crippen LogP contribution in [0.25, 0.3) is 0 Å². The van der Waals surface area contributed by atoms with Crippen molar-refractivity contribution in [3.63, 3.8) is 0 Å². The number of rotatable bonds is 7. The Bertz CT molecular complexity index is 765. The van der Waals surface area contributed by atoms with Gasteiger partial charge in [-0.3, -0.25) is 10.1 Å². The SMILES string of the molecule is COc1ccccc1[C@@H](CNC(=S)Nc1ccc([N+](=O)[O-])cc1)[NH+](C)C. The van der Waals surface area contributed by atoms with E-state index in [2.05, 4.69) is 24.7 Å². The molecule has 0 saturated heterocycles. The Morgan fingerprint density at radius 3 is 2.46 bits per heavy atom. The summed E-state index contributed by atoms with van der Waals surface area (Å²) in [6.07, 6.45) is 0. The van der Waals surface area contributed by atoms with Gasteiger partial charge < -0.3 is 20.3 Å². The number of para-hydroxylation sites is 1. The van der Waals surface area contributed by atoms with E-state index in [1.165, 1.54) is 17.0 Å². The van der Waals surface area contributed by atoms with Gasteiger partial charge in [0, 0.05) is 17.8 Å². The number of thiocarbonyl (C=S) groups is 1. The standard InChI is InChI=1S/C18H22N4O3S/c1-21(2)16(15-6-4-5-7-17(15)25-3)12-19-18(26)20-13-8-10-14(11-9-13)22(23)24/h4-11,16H,12H2,1-3H3,(H2,19,20,26)/p+1/t16-/m1/s1. The maximum Gasteiger partial charge on any atom is 0.269 e. The van der Waals surface area contributed by atoms with Crippen molar-refractivity contribution in [3.05, 3.63) is 64.2 Å². The quantitative estimate of drug-likeness (QED) is 0.389. The summed E-state index contributed by atoms with van der Waals surface area (Å²) in [5.41, 5.74) is 1.83. The van der Waals surface area contributed by atoms with E-state index in [9.17, 15) is 10.1 Å². The van der Waals surface area contributed by atoms with Crippen molar-refractivity contribution in [2.24, 2.45) is 0 Å². The third-order valence-electron chi connectivity index (χ3n) is 4.01. The number of nitrogens with one attached hydrogen (secondary N) is 3. The Hall–Kier alpha value is -2.71. The number of quaternary nitrogens is 1. The fourth-order valence-corrected chi connectivity index (χ4v) is 2.82. The van der Waals surface area contributed by atoms with Crippen LogP contribution in [0.5, 0.6) is 5.75 Å². The first-order valence-corrected chi connectivity index (χ1v) is 8.55. The molecule has 1 atom stereocenters. The second kappa shape index (κ2) is 9.12. The van der Waals surface area contributed by atoms with Crippen molar-refractivity contribution in [1.29, 1.82) is 0 Å². The van der Waals surface area contributed by atoms with Gasteiger partial charge in [-0.15, -0.1) is 0 Å². The zero-order valence-corrected chi connectivity index (χ0v) is 15.8. The third kappa shape index (κ3) is 5.14. The minimum absolute atomic E-state index is 0.0434. The van der Waals surface area contributed by atoms with E-state index in [0.29, 0.717) is 17.3 Å². The van der Waals surface area contributed by atoms with Crippen molar-refractivity contribution >= 4 is 28.7 Å². The van der Waals surface area contributed by atoms with Crippen LogP contribution in [0.15, 0.2) is 48.5 Å². The summed E-state index contributed by atoms with van der Waals surface area (Å²) in [4.78, 5) is 11.5. The van der Waals surface area contributed by atoms with Gasteiger partial charge in [0.15, 0.2) is 5.11 Å². The van der Waals surface area contributed by atoms with Gasteiger partial charge in [-0.25, -0.2) is 0 Å². The Balaban J connectivity index is 2.00. The highest BCUT2D eigenvalue weighted by molar-refractivity contribution is 7.80. The molecule has 2 aromatic rings. The van der Waals surface area contributed by atoms with Crippen LogP contribution in [-0.2, 0) is 0 Å². The molecule has 0 fully saturated rings. The summed E-state index contributed by atoms with van der Waals surface area (Å²) in [6, 6.07) is 14.2. The maximum atomic E-state index is 10.7. The van der Waals surface area contributed by atoms with Crippen LogP contribution in [0.2, 0.25) is 0 Å². The number of non-ortho nitro benzene ring substituents is 1. The molecule has 8 heteroatoms. The van der Waals surface area contributed by atoms with Gasteiger partial charge in [0.25, 0.3) is 5.69 Å². The first-order valence-electron chi connectivity index (χ1n) is 8.14. The van der Waals surface area contributed by atoms with E-state index in [1.54, 1.807) is 19.2 Å². The zero-order valence-electron chi connectivity index (χ0n) is 15.0. The van der Waals surface area contributed by atoms with Crippen LogP contribution in [0.1, 0.15) is 11.6 Å². The van der Waals surface area contributed by atoms with Gasteiger partial charge in [-0.05, 0) is 36.5 Å². The maximum absolute atomic E-state index is 10.7. The molecule has 0 unspecified atom stereocenters. The molecule has 0 amide bonds. The fourth-order valence-electron chi connectivity index (χ4n) is 2.62. The number of hydrogen-bond donors (Lipinski definition) is 3. The lowest BCUT2D eigenvalue weighted by atomic mass is 10.0. The Labute approximate surface area is 158 Å². The zero-order chi connectivity index (χ0) is 19.1. The predicted octanol–water partition coefficient (Wildman–Crippen LogP) is 1.78. The summed E-state index contributed by atoms with van der Waals surface area (Å²) >= 11 is 5.34. The van der Waals surface area contributed by atoms with Gasteiger partial charge >= 0.3 is 0 Å². The van der Waals surface area contributed by atoms with Gasteiger partial charge in [0.1, 0.15) is 11.8 Å². The van der Waals surface area contributed by atoms with Crippen molar-refractivity contribution in [2.75, 3.05) is 33.1 Å². The van der Waals surface area contributed by atoms with E-state index >= 15 is 0 Å². The lowest BCUT2D eigenvalue weighted by Gasteiger charge is -2.24. The molecule has 0 aliphatic rings. The predicted molar refractivity (Wildman–Crippen MR) is 106 cm³/mol. The molecule has 0 aromatic heterocycles. The largest absolute Gasteiger partial charge is 0.496 e. The van der Waals surface area contributed by atoms with Crippen molar-refractivity contribution in [3.8, 4) is 5.75 Å². The smallest absolute Gasteiger partial charge is 0.269 e. The van der Waals surface area contributed by atoms with Gasteiger partial charge in [0.05, 0.1) is 38.2 Å². The second-order valence-electron chi connectivity index (χ2n) is 6.01. The van der Waals surface area contributed by atoms with Crippen LogP contribution in [0.4, 0.5) is 11.4 Å². The van der Waals surface area contributed by atoms with E-state index in [4.69, 9.17) is 17.0 Å². The lowest BCUT2D eigenvalue weighted by molar-refractivity contribution is -0.890. The molecule has 0 radical (unpaired) electrons. The van der Waals surface area contributed by atoms with Crippen LogP contribution in [0, 0.1) is 10.1 Å². The fraction of sp³-hybridized carbons (Fsp3) is 0.278. The average Bonchev–Trinajstić information content (AvgIpc) is 2.62. The van der Waals surface area contributed by atoms with Crippen LogP contribution >= 0.6 is 12.2 Å². The summed E-state index contributed by atoms with van der Waals surface area (Å²) in [6.45, 7) is 0.613. The van der Waals surface area contributed by atoms with Gasteiger partial charge in [-0.2, -0.15) is 0 Å². The van der Waals surface area contributed by atoms with Crippen LogP contribution in [-0.4, -0.2) is 37.8 Å². The van der Waals surface area contributed by atoms with Crippen molar-refractivity contribution < 1.29 is 14.6 Å². The first-order chi connectivity index (χ1) is 12.4. The number of benzene rings is 2. The summed E-state index contributed by atoms with van der Waals surface area (Å²) in [7, 11) is 5.81. The molecule has 3 N–H and O–H groups in total. The Kier molecular flexibility index (Phi) is 6.88. The summed E-state index contributed by atoms with van der Waals surface area (Å²) in [5.74, 6) is 0.842. The second-order valence-corrected chi connectivity index (χ2v) is 6.42. The van der Waals surface area contributed by atoms with Gasteiger partial charge in [0.2, 0.25) is 0 Å². The Morgan fingerprint density at radius 2 is 1.88 bits per heavy atom. The highest BCUT2D eigenvalue weighted by Gasteiger charge is 2.21. The minimum atomic E-state index is -0.432. The molecule has 138 valence electrons. The molecule has 0 aliphatic heterocycles. The molecule has 2 rings (SSSR count). The highest BCUT2D eigenvalue weighted by atomic mass is 32.1. The highest BCUT2D eigenvalue weighted by Crippen LogP contribution is 2.22. The molecule has 0 aliphatic carbocycles. The molecule has 0 saturated carbocycles. The number of likely N-dealkylation sites (N-methyl/N-ethyl adjacent to an activating group) is 1.